The quantitative estimate of drug-likeness (QED) is 0.674. The molecule has 1 aliphatic rings. The van der Waals surface area contributed by atoms with E-state index in [1.54, 1.807) is 17.3 Å². The molecular weight excluding hydrogens is 204 g/mol. The number of carbonyl (C=O) groups is 1. The number of nitrogens with zero attached hydrogens (tertiary/aromatic N) is 2. The molecule has 0 spiro atoms. The van der Waals surface area contributed by atoms with Crippen molar-refractivity contribution in [3.8, 4) is 0 Å². The molecule has 0 atom stereocenters. The molecule has 4 heteroatoms. The molecule has 1 aliphatic heterocycles. The maximum atomic E-state index is 11.8. The van der Waals surface area contributed by atoms with E-state index < -0.39 is 5.60 Å². The summed E-state index contributed by atoms with van der Waals surface area (Å²) >= 11 is 0. The molecule has 0 saturated heterocycles. The summed E-state index contributed by atoms with van der Waals surface area (Å²) in [5.74, 6) is 0. The van der Waals surface area contributed by atoms with E-state index in [1.807, 2.05) is 26.8 Å². The van der Waals surface area contributed by atoms with Gasteiger partial charge in [0.05, 0.1) is 6.54 Å². The van der Waals surface area contributed by atoms with Crippen LogP contribution in [-0.4, -0.2) is 21.6 Å². The Morgan fingerprint density at radius 1 is 1.38 bits per heavy atom. The van der Waals surface area contributed by atoms with Crippen LogP contribution in [0.15, 0.2) is 18.5 Å². The van der Waals surface area contributed by atoms with Gasteiger partial charge in [0.15, 0.2) is 0 Å². The number of pyridine rings is 1. The van der Waals surface area contributed by atoms with Crippen LogP contribution in [-0.2, 0) is 17.8 Å². The molecular formula is C12H16N2O2. The first-order chi connectivity index (χ1) is 7.46. The predicted octanol–water partition coefficient (Wildman–Crippen LogP) is 2.33. The van der Waals surface area contributed by atoms with E-state index in [2.05, 4.69) is 4.98 Å². The highest BCUT2D eigenvalue weighted by Crippen LogP contribution is 2.23. The summed E-state index contributed by atoms with van der Waals surface area (Å²) in [4.78, 5) is 17.6. The molecule has 2 rings (SSSR count). The first kappa shape index (κ1) is 10.9. The standard InChI is InChI=1S/C12H16N2O2/c1-12(2,3)16-11(15)14-7-9-4-5-13-6-10(9)8-14/h4-6H,7-8H2,1-3H3. The number of fused-ring (bicyclic) bond motifs is 1. The Labute approximate surface area is 95.2 Å². The highest BCUT2D eigenvalue weighted by molar-refractivity contribution is 5.69. The van der Waals surface area contributed by atoms with Crippen molar-refractivity contribution in [3.63, 3.8) is 0 Å². The largest absolute Gasteiger partial charge is 0.444 e. The average molecular weight is 220 g/mol. The fourth-order valence-electron chi connectivity index (χ4n) is 1.68. The molecule has 0 saturated carbocycles. The molecule has 0 radical (unpaired) electrons. The van der Waals surface area contributed by atoms with Gasteiger partial charge in [0.25, 0.3) is 0 Å². The van der Waals surface area contributed by atoms with Crippen molar-refractivity contribution in [1.29, 1.82) is 0 Å². The molecule has 0 N–H and O–H groups in total. The minimum absolute atomic E-state index is 0.260. The van der Waals surface area contributed by atoms with Gasteiger partial charge in [-0.05, 0) is 38.0 Å². The van der Waals surface area contributed by atoms with Crippen molar-refractivity contribution in [2.45, 2.75) is 39.5 Å². The van der Waals surface area contributed by atoms with Gasteiger partial charge in [-0.15, -0.1) is 0 Å². The van der Waals surface area contributed by atoms with Crippen LogP contribution in [0.25, 0.3) is 0 Å². The van der Waals surface area contributed by atoms with E-state index in [4.69, 9.17) is 4.74 Å². The average Bonchev–Trinajstić information content (AvgIpc) is 2.58. The number of ether oxygens (including phenoxy) is 1. The second-order valence-electron chi connectivity index (χ2n) is 4.98. The number of rotatable bonds is 0. The van der Waals surface area contributed by atoms with E-state index in [1.165, 1.54) is 0 Å². The number of amides is 1. The first-order valence-electron chi connectivity index (χ1n) is 5.35. The van der Waals surface area contributed by atoms with Crippen LogP contribution in [0.3, 0.4) is 0 Å². The number of carbonyl (C=O) groups excluding carboxylic acids is 1. The second kappa shape index (κ2) is 3.77. The lowest BCUT2D eigenvalue weighted by molar-refractivity contribution is 0.0242. The lowest BCUT2D eigenvalue weighted by atomic mass is 10.2. The molecule has 0 fully saturated rings. The Kier molecular flexibility index (Phi) is 2.58. The normalized spacial score (nSPS) is 14.8. The minimum atomic E-state index is -0.440. The van der Waals surface area contributed by atoms with E-state index in [0.29, 0.717) is 13.1 Å². The van der Waals surface area contributed by atoms with E-state index in [-0.39, 0.29) is 6.09 Å². The Morgan fingerprint density at radius 3 is 2.69 bits per heavy atom. The van der Waals surface area contributed by atoms with Crippen LogP contribution >= 0.6 is 0 Å². The van der Waals surface area contributed by atoms with Crippen molar-refractivity contribution in [2.75, 3.05) is 0 Å². The van der Waals surface area contributed by atoms with Crippen LogP contribution in [0.2, 0.25) is 0 Å². The molecule has 86 valence electrons. The van der Waals surface area contributed by atoms with Crippen LogP contribution in [0.1, 0.15) is 31.9 Å². The Bertz CT molecular complexity index is 385. The van der Waals surface area contributed by atoms with Gasteiger partial charge in [0.2, 0.25) is 0 Å². The molecule has 1 amide bonds. The second-order valence-corrected chi connectivity index (χ2v) is 4.98. The van der Waals surface area contributed by atoms with Gasteiger partial charge in [-0.1, -0.05) is 0 Å². The van der Waals surface area contributed by atoms with Crippen molar-refractivity contribution in [3.05, 3.63) is 29.6 Å². The summed E-state index contributed by atoms with van der Waals surface area (Å²) in [7, 11) is 0. The minimum Gasteiger partial charge on any atom is -0.444 e. The summed E-state index contributed by atoms with van der Waals surface area (Å²) in [5, 5.41) is 0. The highest BCUT2D eigenvalue weighted by Gasteiger charge is 2.27. The lowest BCUT2D eigenvalue weighted by Gasteiger charge is -2.24. The van der Waals surface area contributed by atoms with Crippen molar-refractivity contribution >= 4 is 6.09 Å². The smallest absolute Gasteiger partial charge is 0.410 e. The molecule has 2 heterocycles. The zero-order valence-electron chi connectivity index (χ0n) is 9.86. The topological polar surface area (TPSA) is 42.4 Å². The van der Waals surface area contributed by atoms with Crippen LogP contribution < -0.4 is 0 Å². The SMILES string of the molecule is CC(C)(C)OC(=O)N1Cc2ccncc2C1. The molecule has 1 aromatic rings. The maximum absolute atomic E-state index is 11.8. The zero-order valence-corrected chi connectivity index (χ0v) is 9.86. The monoisotopic (exact) mass is 220 g/mol. The Morgan fingerprint density at radius 2 is 2.06 bits per heavy atom. The van der Waals surface area contributed by atoms with E-state index in [0.717, 1.165) is 11.1 Å². The van der Waals surface area contributed by atoms with Crippen LogP contribution in [0.4, 0.5) is 4.79 Å². The molecule has 0 aliphatic carbocycles. The van der Waals surface area contributed by atoms with Crippen LogP contribution in [0, 0.1) is 0 Å². The van der Waals surface area contributed by atoms with Crippen LogP contribution in [0.5, 0.6) is 0 Å². The summed E-state index contributed by atoms with van der Waals surface area (Å²) in [5.41, 5.74) is 1.82. The van der Waals surface area contributed by atoms with Crippen molar-refractivity contribution in [1.82, 2.24) is 9.88 Å². The zero-order chi connectivity index (χ0) is 11.8. The molecule has 4 nitrogen and oxygen atoms in total. The summed E-state index contributed by atoms with van der Waals surface area (Å²) < 4.78 is 5.32. The molecule has 0 unspecified atom stereocenters. The maximum Gasteiger partial charge on any atom is 0.410 e. The van der Waals surface area contributed by atoms with Gasteiger partial charge in [-0.25, -0.2) is 4.79 Å². The Balaban J connectivity index is 2.04. The summed E-state index contributed by atoms with van der Waals surface area (Å²) in [6, 6.07) is 1.94. The van der Waals surface area contributed by atoms with Gasteiger partial charge in [-0.2, -0.15) is 0 Å². The van der Waals surface area contributed by atoms with E-state index in [9.17, 15) is 4.79 Å². The van der Waals surface area contributed by atoms with Gasteiger partial charge in [-0.3, -0.25) is 9.88 Å². The lowest BCUT2D eigenvalue weighted by Crippen LogP contribution is -2.33. The van der Waals surface area contributed by atoms with E-state index >= 15 is 0 Å². The fraction of sp³-hybridized carbons (Fsp3) is 0.500. The third-order valence-electron chi connectivity index (χ3n) is 2.38. The molecule has 0 bridgehead atoms. The molecule has 1 aromatic heterocycles. The molecule has 0 aromatic carbocycles. The first-order valence-corrected chi connectivity index (χ1v) is 5.35. The fourth-order valence-corrected chi connectivity index (χ4v) is 1.68. The highest BCUT2D eigenvalue weighted by atomic mass is 16.6. The van der Waals surface area contributed by atoms with Gasteiger partial charge in [0, 0.05) is 18.9 Å². The van der Waals surface area contributed by atoms with Gasteiger partial charge < -0.3 is 4.74 Å². The Hall–Kier alpha value is -1.58. The summed E-state index contributed by atoms with van der Waals surface area (Å²) in [6.45, 7) is 6.83. The number of aromatic nitrogens is 1. The predicted molar refractivity (Wildman–Crippen MR) is 59.7 cm³/mol. The van der Waals surface area contributed by atoms with Gasteiger partial charge in [0.1, 0.15) is 5.60 Å². The number of hydrogen-bond acceptors (Lipinski definition) is 3. The van der Waals surface area contributed by atoms with Crippen molar-refractivity contribution < 1.29 is 9.53 Å². The van der Waals surface area contributed by atoms with Crippen molar-refractivity contribution in [2.24, 2.45) is 0 Å². The third kappa shape index (κ3) is 2.32. The summed E-state index contributed by atoms with van der Waals surface area (Å²) in [6.07, 6.45) is 3.29. The van der Waals surface area contributed by atoms with Gasteiger partial charge >= 0.3 is 6.09 Å². The third-order valence-corrected chi connectivity index (χ3v) is 2.38. The number of hydrogen-bond donors (Lipinski definition) is 0. The molecule has 16 heavy (non-hydrogen) atoms.